The zero-order valence-corrected chi connectivity index (χ0v) is 17.0. The number of rotatable bonds is 6. The molecule has 1 amide bonds. The van der Waals surface area contributed by atoms with Gasteiger partial charge in [-0.15, -0.1) is 0 Å². The number of carbonyl (C=O) groups excluding carboxylic acids is 1. The summed E-state index contributed by atoms with van der Waals surface area (Å²) < 4.78 is 7.26. The second kappa shape index (κ2) is 9.10. The number of ether oxygens (including phenoxy) is 1. The van der Waals surface area contributed by atoms with Gasteiger partial charge in [-0.1, -0.05) is 46.9 Å². The molecule has 9 heteroatoms. The Hall–Kier alpha value is -2.54. The van der Waals surface area contributed by atoms with E-state index in [0.29, 0.717) is 10.7 Å². The van der Waals surface area contributed by atoms with Gasteiger partial charge >= 0.3 is 0 Å². The fourth-order valence-electron chi connectivity index (χ4n) is 2.29. The number of hydrogen-bond acceptors (Lipinski definition) is 4. The third-order valence-electron chi connectivity index (χ3n) is 3.77. The van der Waals surface area contributed by atoms with E-state index in [9.17, 15) is 4.79 Å². The number of imidazole rings is 1. The first-order valence-electron chi connectivity index (χ1n) is 8.13. The molecule has 0 radical (unpaired) electrons. The molecule has 3 aromatic rings. The molecule has 2 aromatic carbocycles. The van der Waals surface area contributed by atoms with Crippen molar-refractivity contribution in [2.45, 2.75) is 6.92 Å². The molecule has 6 nitrogen and oxygen atoms in total. The standard InChI is InChI=1S/C19H15Cl3N4O2/c1-12(13-2-4-14(5-3-13)26-7-6-23-11-26)24-25-19(27)10-28-18-9-16(21)15(20)8-17(18)22/h2-9,11H,10H2,1H3,(H,25,27)/b24-12+. The lowest BCUT2D eigenvalue weighted by molar-refractivity contribution is -0.123. The molecular formula is C19H15Cl3N4O2. The molecule has 0 aliphatic carbocycles. The maximum Gasteiger partial charge on any atom is 0.277 e. The average Bonchev–Trinajstić information content (AvgIpc) is 3.23. The number of hydrogen-bond donors (Lipinski definition) is 1. The van der Waals surface area contributed by atoms with Crippen LogP contribution in [-0.4, -0.2) is 27.8 Å². The van der Waals surface area contributed by atoms with Gasteiger partial charge in [-0.3, -0.25) is 4.79 Å². The molecule has 0 fully saturated rings. The van der Waals surface area contributed by atoms with E-state index in [1.165, 1.54) is 12.1 Å². The number of benzene rings is 2. The van der Waals surface area contributed by atoms with Crippen molar-refractivity contribution in [1.82, 2.24) is 15.0 Å². The predicted octanol–water partition coefficient (Wildman–Crippen LogP) is 4.75. The van der Waals surface area contributed by atoms with Crippen molar-refractivity contribution in [3.8, 4) is 11.4 Å². The summed E-state index contributed by atoms with van der Waals surface area (Å²) in [5.74, 6) is -0.168. The first kappa shape index (κ1) is 20.2. The lowest BCUT2D eigenvalue weighted by atomic mass is 10.1. The van der Waals surface area contributed by atoms with Gasteiger partial charge in [0.25, 0.3) is 5.91 Å². The largest absolute Gasteiger partial charge is 0.482 e. The first-order chi connectivity index (χ1) is 13.4. The number of nitrogens with zero attached hydrogens (tertiary/aromatic N) is 3. The van der Waals surface area contributed by atoms with Crippen molar-refractivity contribution >= 4 is 46.4 Å². The molecule has 0 aliphatic heterocycles. The van der Waals surface area contributed by atoms with Crippen LogP contribution in [-0.2, 0) is 4.79 Å². The van der Waals surface area contributed by atoms with Gasteiger partial charge in [-0.05, 0) is 30.7 Å². The number of amides is 1. The Morgan fingerprint density at radius 3 is 2.54 bits per heavy atom. The summed E-state index contributed by atoms with van der Waals surface area (Å²) in [6.07, 6.45) is 5.29. The van der Waals surface area contributed by atoms with E-state index in [4.69, 9.17) is 39.5 Å². The summed E-state index contributed by atoms with van der Waals surface area (Å²) in [4.78, 5) is 16.0. The third kappa shape index (κ3) is 5.04. The monoisotopic (exact) mass is 436 g/mol. The summed E-state index contributed by atoms with van der Waals surface area (Å²) in [6.45, 7) is 1.53. The molecule has 28 heavy (non-hydrogen) atoms. The summed E-state index contributed by atoms with van der Waals surface area (Å²) in [7, 11) is 0. The predicted molar refractivity (Wildman–Crippen MR) is 111 cm³/mol. The highest BCUT2D eigenvalue weighted by molar-refractivity contribution is 6.43. The number of nitrogens with one attached hydrogen (secondary N) is 1. The molecule has 3 rings (SSSR count). The average molecular weight is 438 g/mol. The van der Waals surface area contributed by atoms with Gasteiger partial charge in [-0.25, -0.2) is 10.4 Å². The van der Waals surface area contributed by atoms with Crippen LogP contribution in [0.25, 0.3) is 5.69 Å². The van der Waals surface area contributed by atoms with Crippen LogP contribution in [0.1, 0.15) is 12.5 Å². The molecule has 0 unspecified atom stereocenters. The van der Waals surface area contributed by atoms with Gasteiger partial charge in [0.15, 0.2) is 6.61 Å². The Balaban J connectivity index is 1.57. The number of hydrazone groups is 1. The van der Waals surface area contributed by atoms with Gasteiger partial charge in [0.2, 0.25) is 0 Å². The highest BCUT2D eigenvalue weighted by atomic mass is 35.5. The fraction of sp³-hybridized carbons (Fsp3) is 0.105. The van der Waals surface area contributed by atoms with Crippen LogP contribution in [0.15, 0.2) is 60.2 Å². The Labute approximate surface area is 176 Å². The topological polar surface area (TPSA) is 68.5 Å². The van der Waals surface area contributed by atoms with Crippen LogP contribution in [0.5, 0.6) is 5.75 Å². The molecule has 0 bridgehead atoms. The van der Waals surface area contributed by atoms with Crippen molar-refractivity contribution in [1.29, 1.82) is 0 Å². The highest BCUT2D eigenvalue weighted by Crippen LogP contribution is 2.33. The second-order valence-corrected chi connectivity index (χ2v) is 6.96. The summed E-state index contributed by atoms with van der Waals surface area (Å²) in [6, 6.07) is 10.6. The maximum absolute atomic E-state index is 12.0. The molecule has 1 aromatic heterocycles. The van der Waals surface area contributed by atoms with Crippen LogP contribution in [0.4, 0.5) is 0 Å². The van der Waals surface area contributed by atoms with Gasteiger partial charge in [-0.2, -0.15) is 5.10 Å². The molecule has 0 spiro atoms. The highest BCUT2D eigenvalue weighted by Gasteiger charge is 2.09. The summed E-state index contributed by atoms with van der Waals surface area (Å²) in [5, 5.41) is 4.95. The van der Waals surface area contributed by atoms with Crippen LogP contribution in [0, 0.1) is 0 Å². The molecule has 0 saturated heterocycles. The van der Waals surface area contributed by atoms with Crippen molar-refractivity contribution in [2.24, 2.45) is 5.10 Å². The van der Waals surface area contributed by atoms with Crippen LogP contribution in [0.2, 0.25) is 15.1 Å². The minimum absolute atomic E-state index is 0.264. The van der Waals surface area contributed by atoms with E-state index in [1.54, 1.807) is 19.4 Å². The van der Waals surface area contributed by atoms with Crippen molar-refractivity contribution < 1.29 is 9.53 Å². The van der Waals surface area contributed by atoms with E-state index in [0.717, 1.165) is 11.3 Å². The Morgan fingerprint density at radius 2 is 1.86 bits per heavy atom. The quantitative estimate of drug-likeness (QED) is 0.344. The molecule has 0 saturated carbocycles. The Kier molecular flexibility index (Phi) is 6.57. The lowest BCUT2D eigenvalue weighted by Crippen LogP contribution is -2.25. The van der Waals surface area contributed by atoms with E-state index >= 15 is 0 Å². The number of carbonyl (C=O) groups is 1. The minimum Gasteiger partial charge on any atom is -0.482 e. The fourth-order valence-corrected chi connectivity index (χ4v) is 2.88. The lowest BCUT2D eigenvalue weighted by Gasteiger charge is -2.09. The van der Waals surface area contributed by atoms with Gasteiger partial charge < -0.3 is 9.30 Å². The zero-order valence-electron chi connectivity index (χ0n) is 14.7. The number of halogens is 3. The normalized spacial score (nSPS) is 11.4. The Bertz CT molecular complexity index is 1000. The van der Waals surface area contributed by atoms with E-state index in [-0.39, 0.29) is 22.4 Å². The molecule has 1 heterocycles. The maximum atomic E-state index is 12.0. The van der Waals surface area contributed by atoms with Crippen molar-refractivity contribution in [3.63, 3.8) is 0 Å². The van der Waals surface area contributed by atoms with Crippen LogP contribution < -0.4 is 10.2 Å². The van der Waals surface area contributed by atoms with Crippen molar-refractivity contribution in [2.75, 3.05) is 6.61 Å². The summed E-state index contributed by atoms with van der Waals surface area (Å²) >= 11 is 17.8. The smallest absolute Gasteiger partial charge is 0.277 e. The second-order valence-electron chi connectivity index (χ2n) is 5.73. The van der Waals surface area contributed by atoms with E-state index in [2.05, 4.69) is 15.5 Å². The van der Waals surface area contributed by atoms with Crippen LogP contribution >= 0.6 is 34.8 Å². The number of aromatic nitrogens is 2. The summed E-state index contributed by atoms with van der Waals surface area (Å²) in [5.41, 5.74) is 4.95. The third-order valence-corrected chi connectivity index (χ3v) is 4.79. The van der Waals surface area contributed by atoms with Crippen molar-refractivity contribution in [3.05, 3.63) is 75.8 Å². The zero-order chi connectivity index (χ0) is 20.1. The molecular weight excluding hydrogens is 423 g/mol. The molecule has 0 aliphatic rings. The molecule has 144 valence electrons. The minimum atomic E-state index is -0.434. The van der Waals surface area contributed by atoms with Gasteiger partial charge in [0.05, 0.1) is 27.1 Å². The molecule has 1 N–H and O–H groups in total. The SMILES string of the molecule is C/C(=N\NC(=O)COc1cc(Cl)c(Cl)cc1Cl)c1ccc(-n2ccnc2)cc1. The first-order valence-corrected chi connectivity index (χ1v) is 9.26. The van der Waals surface area contributed by atoms with E-state index in [1.807, 2.05) is 35.0 Å². The molecule has 0 atom stereocenters. The Morgan fingerprint density at radius 1 is 1.14 bits per heavy atom. The van der Waals surface area contributed by atoms with E-state index < -0.39 is 5.91 Å². The van der Waals surface area contributed by atoms with Gasteiger partial charge in [0, 0.05) is 24.1 Å². The van der Waals surface area contributed by atoms with Gasteiger partial charge in [0.1, 0.15) is 5.75 Å². The van der Waals surface area contributed by atoms with Crippen LogP contribution in [0.3, 0.4) is 0 Å².